The molecule has 2 aliphatic heterocycles. The summed E-state index contributed by atoms with van der Waals surface area (Å²) in [7, 11) is 0. The quantitative estimate of drug-likeness (QED) is 0.765. The number of anilines is 1. The Morgan fingerprint density at radius 2 is 2.00 bits per heavy atom. The van der Waals surface area contributed by atoms with Crippen molar-refractivity contribution in [2.45, 2.75) is 44.8 Å². The summed E-state index contributed by atoms with van der Waals surface area (Å²) >= 11 is 0. The molecular weight excluding hydrogens is 326 g/mol. The van der Waals surface area contributed by atoms with Crippen molar-refractivity contribution in [3.8, 4) is 0 Å². The van der Waals surface area contributed by atoms with Gasteiger partial charge in [0.15, 0.2) is 0 Å². The van der Waals surface area contributed by atoms with E-state index in [9.17, 15) is 4.79 Å². The van der Waals surface area contributed by atoms with Crippen LogP contribution in [0.5, 0.6) is 0 Å². The molecule has 0 radical (unpaired) electrons. The van der Waals surface area contributed by atoms with E-state index in [0.717, 1.165) is 68.8 Å². The van der Waals surface area contributed by atoms with Gasteiger partial charge in [-0.05, 0) is 44.3 Å². The second kappa shape index (κ2) is 8.01. The zero-order chi connectivity index (χ0) is 17.8. The van der Waals surface area contributed by atoms with E-state index in [2.05, 4.69) is 56.1 Å². The van der Waals surface area contributed by atoms with E-state index in [1.54, 1.807) is 0 Å². The molecular formula is C20H27N5O. The molecule has 4 rings (SSSR count). The minimum atomic E-state index is -0.0508. The summed E-state index contributed by atoms with van der Waals surface area (Å²) in [5.41, 5.74) is 4.08. The lowest BCUT2D eigenvalue weighted by molar-refractivity contribution is 0.190. The van der Waals surface area contributed by atoms with Gasteiger partial charge in [0.2, 0.25) is 0 Å². The molecule has 1 aromatic heterocycles. The molecule has 0 aliphatic carbocycles. The Balaban J connectivity index is 1.30. The first-order valence-corrected chi connectivity index (χ1v) is 9.63. The van der Waals surface area contributed by atoms with Crippen molar-refractivity contribution in [2.24, 2.45) is 0 Å². The van der Waals surface area contributed by atoms with Gasteiger partial charge in [0, 0.05) is 31.2 Å². The molecule has 0 bridgehead atoms. The fourth-order valence-electron chi connectivity index (χ4n) is 3.96. The molecule has 2 aliphatic rings. The van der Waals surface area contributed by atoms with Gasteiger partial charge >= 0.3 is 0 Å². The van der Waals surface area contributed by atoms with Crippen LogP contribution in [0.1, 0.15) is 36.1 Å². The summed E-state index contributed by atoms with van der Waals surface area (Å²) in [6.07, 6.45) is 4.13. The second-order valence-electron chi connectivity index (χ2n) is 7.30. The van der Waals surface area contributed by atoms with E-state index in [4.69, 9.17) is 0 Å². The van der Waals surface area contributed by atoms with Crippen LogP contribution in [0.3, 0.4) is 0 Å². The van der Waals surface area contributed by atoms with Gasteiger partial charge in [-0.25, -0.2) is 5.10 Å². The molecule has 26 heavy (non-hydrogen) atoms. The third kappa shape index (κ3) is 3.97. The van der Waals surface area contributed by atoms with E-state index in [1.165, 1.54) is 5.56 Å². The molecule has 6 nitrogen and oxygen atoms in total. The molecule has 1 aromatic carbocycles. The molecule has 6 heteroatoms. The largest absolute Gasteiger partial charge is 0.383 e. The van der Waals surface area contributed by atoms with Gasteiger partial charge in [-0.15, -0.1) is 0 Å². The first-order valence-electron chi connectivity index (χ1n) is 9.63. The van der Waals surface area contributed by atoms with Crippen LogP contribution >= 0.6 is 0 Å². The first kappa shape index (κ1) is 17.2. The minimum Gasteiger partial charge on any atom is -0.383 e. The third-order valence-corrected chi connectivity index (χ3v) is 5.46. The van der Waals surface area contributed by atoms with Gasteiger partial charge in [0.05, 0.1) is 11.4 Å². The molecule has 0 spiro atoms. The number of piperidine rings is 1. The van der Waals surface area contributed by atoms with Gasteiger partial charge in [-0.1, -0.05) is 30.3 Å². The predicted octanol–water partition coefficient (Wildman–Crippen LogP) is 1.88. The van der Waals surface area contributed by atoms with Crippen LogP contribution in [0.2, 0.25) is 0 Å². The van der Waals surface area contributed by atoms with Crippen LogP contribution in [-0.4, -0.2) is 40.8 Å². The maximum Gasteiger partial charge on any atom is 0.269 e. The summed E-state index contributed by atoms with van der Waals surface area (Å²) in [5, 5.41) is 13.9. The molecule has 3 N–H and O–H groups in total. The van der Waals surface area contributed by atoms with Gasteiger partial charge in [-0.2, -0.15) is 5.10 Å². The number of fused-ring (bicyclic) bond motifs is 1. The number of hydrogen-bond donors (Lipinski definition) is 3. The van der Waals surface area contributed by atoms with Gasteiger partial charge in [0.1, 0.15) is 0 Å². The van der Waals surface area contributed by atoms with E-state index in [0.29, 0.717) is 12.6 Å². The van der Waals surface area contributed by atoms with Crippen LogP contribution in [-0.2, 0) is 19.5 Å². The standard InChI is InChI=1S/C20H27N5O/c26-20-17-7-4-10-21-19(17)18(23-24-20)13-22-16-8-11-25(12-9-16)14-15-5-2-1-3-6-15/h1-3,5-6,16,21-22H,4,7-14H2,(H,24,26). The van der Waals surface area contributed by atoms with Crippen molar-refractivity contribution in [3.63, 3.8) is 0 Å². The van der Waals surface area contributed by atoms with Crippen LogP contribution < -0.4 is 16.2 Å². The summed E-state index contributed by atoms with van der Waals surface area (Å²) in [4.78, 5) is 14.4. The maximum absolute atomic E-state index is 11.9. The highest BCUT2D eigenvalue weighted by Crippen LogP contribution is 2.21. The zero-order valence-electron chi connectivity index (χ0n) is 15.1. The molecule has 0 saturated carbocycles. The van der Waals surface area contributed by atoms with Crippen molar-refractivity contribution >= 4 is 5.69 Å². The van der Waals surface area contributed by atoms with Crippen LogP contribution in [0, 0.1) is 0 Å². The molecule has 0 amide bonds. The number of nitrogens with one attached hydrogen (secondary N) is 3. The Labute approximate surface area is 154 Å². The zero-order valence-corrected chi connectivity index (χ0v) is 15.1. The fourth-order valence-corrected chi connectivity index (χ4v) is 3.96. The number of likely N-dealkylation sites (tertiary alicyclic amines) is 1. The Hall–Kier alpha value is -2.18. The lowest BCUT2D eigenvalue weighted by Crippen LogP contribution is -2.42. The van der Waals surface area contributed by atoms with Crippen molar-refractivity contribution in [1.29, 1.82) is 0 Å². The minimum absolute atomic E-state index is 0.0508. The molecule has 0 atom stereocenters. The van der Waals surface area contributed by atoms with Crippen molar-refractivity contribution in [1.82, 2.24) is 20.4 Å². The number of rotatable bonds is 5. The highest BCUT2D eigenvalue weighted by atomic mass is 16.1. The lowest BCUT2D eigenvalue weighted by atomic mass is 10.0. The molecule has 3 heterocycles. The number of nitrogens with zero attached hydrogens (tertiary/aromatic N) is 2. The Kier molecular flexibility index (Phi) is 5.32. The third-order valence-electron chi connectivity index (χ3n) is 5.46. The Morgan fingerprint density at radius 3 is 2.81 bits per heavy atom. The summed E-state index contributed by atoms with van der Waals surface area (Å²) in [6, 6.07) is 11.2. The van der Waals surface area contributed by atoms with E-state index in [-0.39, 0.29) is 5.56 Å². The van der Waals surface area contributed by atoms with E-state index in [1.807, 2.05) is 0 Å². The number of aromatic amines is 1. The smallest absolute Gasteiger partial charge is 0.269 e. The topological polar surface area (TPSA) is 73.0 Å². The molecule has 1 fully saturated rings. The Morgan fingerprint density at radius 1 is 1.19 bits per heavy atom. The first-order chi connectivity index (χ1) is 12.8. The number of aromatic nitrogens is 2. The average molecular weight is 353 g/mol. The number of hydrogen-bond acceptors (Lipinski definition) is 5. The highest BCUT2D eigenvalue weighted by molar-refractivity contribution is 5.55. The average Bonchev–Trinajstić information content (AvgIpc) is 2.70. The van der Waals surface area contributed by atoms with Gasteiger partial charge < -0.3 is 10.6 Å². The van der Waals surface area contributed by atoms with Crippen LogP contribution in [0.15, 0.2) is 35.1 Å². The van der Waals surface area contributed by atoms with E-state index < -0.39 is 0 Å². The number of H-pyrrole nitrogens is 1. The molecule has 2 aromatic rings. The molecule has 0 unspecified atom stereocenters. The number of benzene rings is 1. The summed E-state index contributed by atoms with van der Waals surface area (Å²) in [5.74, 6) is 0. The van der Waals surface area contributed by atoms with Crippen LogP contribution in [0.4, 0.5) is 5.69 Å². The molecule has 1 saturated heterocycles. The fraction of sp³-hybridized carbons (Fsp3) is 0.500. The Bertz CT molecular complexity index is 781. The monoisotopic (exact) mass is 353 g/mol. The summed E-state index contributed by atoms with van der Waals surface area (Å²) in [6.45, 7) is 4.88. The highest BCUT2D eigenvalue weighted by Gasteiger charge is 2.21. The predicted molar refractivity (Wildman–Crippen MR) is 103 cm³/mol. The van der Waals surface area contributed by atoms with Gasteiger partial charge in [0.25, 0.3) is 5.56 Å². The SMILES string of the molecule is O=c1[nH]nc(CNC2CCN(Cc3ccccc3)CC2)c2c1CCCN2. The van der Waals surface area contributed by atoms with Crippen molar-refractivity contribution < 1.29 is 0 Å². The molecule has 138 valence electrons. The van der Waals surface area contributed by atoms with E-state index >= 15 is 0 Å². The van der Waals surface area contributed by atoms with Gasteiger partial charge in [-0.3, -0.25) is 9.69 Å². The van der Waals surface area contributed by atoms with Crippen molar-refractivity contribution in [3.05, 3.63) is 57.5 Å². The van der Waals surface area contributed by atoms with Crippen molar-refractivity contribution in [2.75, 3.05) is 25.0 Å². The second-order valence-corrected chi connectivity index (χ2v) is 7.30. The lowest BCUT2D eigenvalue weighted by Gasteiger charge is -2.32. The van der Waals surface area contributed by atoms with Crippen LogP contribution in [0.25, 0.3) is 0 Å². The normalized spacial score (nSPS) is 18.3. The maximum atomic E-state index is 11.9. The summed E-state index contributed by atoms with van der Waals surface area (Å²) < 4.78 is 0.